The van der Waals surface area contributed by atoms with E-state index in [0.29, 0.717) is 17.5 Å². The third kappa shape index (κ3) is 6.64. The lowest BCUT2D eigenvalue weighted by molar-refractivity contribution is -0.122. The zero-order valence-electron chi connectivity index (χ0n) is 16.4. The Kier molecular flexibility index (Phi) is 7.69. The van der Waals surface area contributed by atoms with Gasteiger partial charge < -0.3 is 15.4 Å². The van der Waals surface area contributed by atoms with Gasteiger partial charge in [-0.1, -0.05) is 49.7 Å². The molecule has 1 saturated heterocycles. The number of carbonyl (C=O) groups is 2. The van der Waals surface area contributed by atoms with E-state index in [0.717, 1.165) is 30.7 Å². The van der Waals surface area contributed by atoms with Crippen molar-refractivity contribution in [2.45, 2.75) is 37.9 Å². The molecule has 0 aliphatic carbocycles. The Labute approximate surface area is 175 Å². The Morgan fingerprint density at radius 3 is 2.62 bits per heavy atom. The fourth-order valence-corrected chi connectivity index (χ4v) is 3.76. The van der Waals surface area contributed by atoms with Gasteiger partial charge in [0.25, 0.3) is 0 Å². The van der Waals surface area contributed by atoms with Crippen molar-refractivity contribution in [2.24, 2.45) is 4.99 Å². The molecule has 0 saturated carbocycles. The first-order valence-corrected chi connectivity index (χ1v) is 10.7. The maximum atomic E-state index is 12.3. The van der Waals surface area contributed by atoms with Gasteiger partial charge in [-0.15, -0.1) is 0 Å². The second-order valence-corrected chi connectivity index (χ2v) is 7.87. The number of unbranched alkanes of at least 4 members (excludes halogenated alkanes) is 2. The smallest absolute Gasteiger partial charge is 0.240 e. The third-order valence-corrected chi connectivity index (χ3v) is 5.37. The number of rotatable bonds is 9. The topological polar surface area (TPSA) is 79.8 Å². The molecule has 29 heavy (non-hydrogen) atoms. The van der Waals surface area contributed by atoms with Crippen molar-refractivity contribution in [3.8, 4) is 5.75 Å². The zero-order valence-corrected chi connectivity index (χ0v) is 17.2. The van der Waals surface area contributed by atoms with Crippen LogP contribution >= 0.6 is 11.8 Å². The van der Waals surface area contributed by atoms with Crippen LogP contribution in [0, 0.1) is 0 Å². The van der Waals surface area contributed by atoms with E-state index in [1.54, 1.807) is 12.1 Å². The van der Waals surface area contributed by atoms with Gasteiger partial charge in [-0.05, 0) is 42.8 Å². The summed E-state index contributed by atoms with van der Waals surface area (Å²) in [6, 6.07) is 16.7. The summed E-state index contributed by atoms with van der Waals surface area (Å²) in [6.45, 7) is 2.85. The summed E-state index contributed by atoms with van der Waals surface area (Å²) in [5, 5.41) is 5.59. The minimum Gasteiger partial charge on any atom is -0.494 e. The van der Waals surface area contributed by atoms with Crippen molar-refractivity contribution in [1.29, 1.82) is 0 Å². The molecule has 1 atom stereocenters. The molecule has 2 amide bonds. The molecule has 1 aliphatic heterocycles. The highest BCUT2D eigenvalue weighted by molar-refractivity contribution is 8.15. The van der Waals surface area contributed by atoms with Crippen LogP contribution in [-0.4, -0.2) is 28.8 Å². The second kappa shape index (κ2) is 10.7. The van der Waals surface area contributed by atoms with Gasteiger partial charge in [0, 0.05) is 12.1 Å². The van der Waals surface area contributed by atoms with Gasteiger partial charge in [0.2, 0.25) is 11.8 Å². The van der Waals surface area contributed by atoms with Gasteiger partial charge >= 0.3 is 0 Å². The molecule has 1 heterocycles. The Morgan fingerprint density at radius 2 is 1.90 bits per heavy atom. The average Bonchev–Trinajstić information content (AvgIpc) is 3.06. The first-order chi connectivity index (χ1) is 14.1. The van der Waals surface area contributed by atoms with E-state index in [9.17, 15) is 9.59 Å². The van der Waals surface area contributed by atoms with Crippen molar-refractivity contribution < 1.29 is 14.3 Å². The molecule has 7 heteroatoms. The van der Waals surface area contributed by atoms with Crippen LogP contribution in [0.4, 0.5) is 11.4 Å². The lowest BCUT2D eigenvalue weighted by Crippen LogP contribution is -2.28. The number of nitrogens with zero attached hydrogens (tertiary/aromatic N) is 1. The molecule has 2 aromatic carbocycles. The summed E-state index contributed by atoms with van der Waals surface area (Å²) < 4.78 is 5.67. The van der Waals surface area contributed by atoms with Gasteiger partial charge in [0.15, 0.2) is 5.17 Å². The number of amidine groups is 1. The first-order valence-electron chi connectivity index (χ1n) is 9.78. The third-order valence-electron chi connectivity index (χ3n) is 4.29. The molecule has 0 unspecified atom stereocenters. The molecule has 0 spiro atoms. The number of ether oxygens (including phenoxy) is 1. The van der Waals surface area contributed by atoms with Crippen LogP contribution in [0.5, 0.6) is 5.75 Å². The number of carbonyl (C=O) groups excluding carboxylic acids is 2. The molecule has 1 aliphatic rings. The first kappa shape index (κ1) is 20.9. The number of benzene rings is 2. The van der Waals surface area contributed by atoms with E-state index in [4.69, 9.17) is 4.74 Å². The lowest BCUT2D eigenvalue weighted by atomic mass is 10.2. The van der Waals surface area contributed by atoms with Crippen LogP contribution in [0.3, 0.4) is 0 Å². The van der Waals surface area contributed by atoms with E-state index in [2.05, 4.69) is 22.5 Å². The average molecular weight is 412 g/mol. The van der Waals surface area contributed by atoms with Gasteiger partial charge in [0.1, 0.15) is 11.0 Å². The summed E-state index contributed by atoms with van der Waals surface area (Å²) in [5.74, 6) is 0.373. The van der Waals surface area contributed by atoms with Gasteiger partial charge in [-0.25, -0.2) is 4.99 Å². The number of hydrogen-bond donors (Lipinski definition) is 2. The Hall–Kier alpha value is -2.80. The second-order valence-electron chi connectivity index (χ2n) is 6.68. The molecular formula is C22H25N3O3S. The quantitative estimate of drug-likeness (QED) is 0.595. The van der Waals surface area contributed by atoms with Crippen molar-refractivity contribution in [1.82, 2.24) is 5.32 Å². The van der Waals surface area contributed by atoms with Crippen LogP contribution in [0.1, 0.15) is 32.6 Å². The van der Waals surface area contributed by atoms with E-state index >= 15 is 0 Å². The predicted molar refractivity (Wildman–Crippen MR) is 118 cm³/mol. The van der Waals surface area contributed by atoms with E-state index in [1.165, 1.54) is 11.8 Å². The maximum Gasteiger partial charge on any atom is 0.240 e. The number of anilines is 1. The highest BCUT2D eigenvalue weighted by Crippen LogP contribution is 2.25. The number of amides is 2. The largest absolute Gasteiger partial charge is 0.494 e. The van der Waals surface area contributed by atoms with Gasteiger partial charge in [-0.3, -0.25) is 9.59 Å². The van der Waals surface area contributed by atoms with Gasteiger partial charge in [0.05, 0.1) is 12.3 Å². The standard InChI is InChI=1S/C22H25N3O3S/c1-2-3-7-14-28-18-12-10-17(11-13-18)23-20(26)15-19-21(27)25-22(29-19)24-16-8-5-4-6-9-16/h4-6,8-13,19H,2-3,7,14-15H2,1H3,(H,23,26)(H,24,25,27)/t19-/m1/s1. The molecule has 1 fully saturated rings. The van der Waals surface area contributed by atoms with Crippen LogP contribution in [0.25, 0.3) is 0 Å². The summed E-state index contributed by atoms with van der Waals surface area (Å²) in [4.78, 5) is 28.9. The molecule has 0 aromatic heterocycles. The molecule has 0 radical (unpaired) electrons. The number of hydrogen-bond acceptors (Lipinski definition) is 5. The minimum absolute atomic E-state index is 0.0829. The molecule has 0 bridgehead atoms. The monoisotopic (exact) mass is 411 g/mol. The van der Waals surface area contributed by atoms with Crippen LogP contribution in [0.15, 0.2) is 59.6 Å². The lowest BCUT2D eigenvalue weighted by Gasteiger charge is -2.09. The van der Waals surface area contributed by atoms with Crippen LogP contribution < -0.4 is 15.4 Å². The van der Waals surface area contributed by atoms with Gasteiger partial charge in [-0.2, -0.15) is 0 Å². The fraction of sp³-hybridized carbons (Fsp3) is 0.318. The molecule has 6 nitrogen and oxygen atoms in total. The van der Waals surface area contributed by atoms with Crippen molar-refractivity contribution in [3.63, 3.8) is 0 Å². The molecule has 2 N–H and O–H groups in total. The summed E-state index contributed by atoms with van der Waals surface area (Å²) in [6.07, 6.45) is 3.43. The zero-order chi connectivity index (χ0) is 20.5. The predicted octanol–water partition coefficient (Wildman–Crippen LogP) is 4.50. The van der Waals surface area contributed by atoms with Crippen molar-refractivity contribution in [2.75, 3.05) is 11.9 Å². The van der Waals surface area contributed by atoms with Crippen LogP contribution in [-0.2, 0) is 9.59 Å². The fourth-order valence-electron chi connectivity index (χ4n) is 2.77. The summed E-state index contributed by atoms with van der Waals surface area (Å²) in [7, 11) is 0. The van der Waals surface area contributed by atoms with E-state index in [-0.39, 0.29) is 18.2 Å². The molecular weight excluding hydrogens is 386 g/mol. The normalized spacial score (nSPS) is 17.2. The molecule has 2 aromatic rings. The van der Waals surface area contributed by atoms with Crippen LogP contribution in [0.2, 0.25) is 0 Å². The SMILES string of the molecule is CCCCCOc1ccc(NC(=O)C[C@H]2SC(=Nc3ccccc3)NC2=O)cc1. The number of thioether (sulfide) groups is 1. The minimum atomic E-state index is -0.487. The number of nitrogens with one attached hydrogen (secondary N) is 2. The number of aliphatic imine (C=N–C) groups is 1. The Morgan fingerprint density at radius 1 is 1.14 bits per heavy atom. The summed E-state index contributed by atoms with van der Waals surface area (Å²) in [5.41, 5.74) is 1.44. The van der Waals surface area contributed by atoms with Crippen molar-refractivity contribution in [3.05, 3.63) is 54.6 Å². The maximum absolute atomic E-state index is 12.3. The van der Waals surface area contributed by atoms with E-state index in [1.807, 2.05) is 42.5 Å². The van der Waals surface area contributed by atoms with E-state index < -0.39 is 5.25 Å². The highest BCUT2D eigenvalue weighted by Gasteiger charge is 2.32. The number of para-hydroxylation sites is 1. The van der Waals surface area contributed by atoms with Crippen molar-refractivity contribution >= 4 is 40.1 Å². The Balaban J connectivity index is 1.48. The summed E-state index contributed by atoms with van der Waals surface area (Å²) >= 11 is 1.28. The Bertz CT molecular complexity index is 853. The highest BCUT2D eigenvalue weighted by atomic mass is 32.2. The molecule has 152 valence electrons. The molecule has 3 rings (SSSR count).